The highest BCUT2D eigenvalue weighted by Gasteiger charge is 2.11. The fourth-order valence-corrected chi connectivity index (χ4v) is 1.70. The van der Waals surface area contributed by atoms with E-state index in [0.29, 0.717) is 11.5 Å². The van der Waals surface area contributed by atoms with Gasteiger partial charge in [-0.05, 0) is 24.3 Å². The van der Waals surface area contributed by atoms with Crippen LogP contribution in [0.2, 0.25) is 0 Å². The zero-order chi connectivity index (χ0) is 15.2. The average molecular weight is 316 g/mol. The predicted octanol–water partition coefficient (Wildman–Crippen LogP) is 3.99. The summed E-state index contributed by atoms with van der Waals surface area (Å²) in [5, 5.41) is 0. The highest BCUT2D eigenvalue weighted by atomic mass is 35.5. The van der Waals surface area contributed by atoms with Gasteiger partial charge in [0.15, 0.2) is 0 Å². The maximum absolute atomic E-state index is 5.52. The van der Waals surface area contributed by atoms with Gasteiger partial charge in [-0.15, -0.1) is 15.0 Å². The molecule has 2 aromatic carbocycles. The topological polar surface area (TPSA) is 66.4 Å². The molecule has 3 aromatic rings. The zero-order valence-electron chi connectivity index (χ0n) is 11.2. The van der Waals surface area contributed by atoms with Crippen molar-refractivity contribution in [3.8, 4) is 29.5 Å². The Hall–Kier alpha value is -2.86. The Bertz CT molecular complexity index is 682. The summed E-state index contributed by atoms with van der Waals surface area (Å²) < 4.78 is 15.6. The van der Waals surface area contributed by atoms with Crippen LogP contribution in [0.1, 0.15) is 0 Å². The molecule has 110 valence electrons. The zero-order valence-corrected chi connectivity index (χ0v) is 12.0. The molecule has 1 heterocycles. The molecular formula is C15H10ClN3O3. The molecule has 6 nitrogen and oxygen atoms in total. The lowest BCUT2D eigenvalue weighted by Crippen LogP contribution is -1.99. The van der Waals surface area contributed by atoms with Crippen LogP contribution in [-0.2, 0) is 0 Å². The van der Waals surface area contributed by atoms with Crippen LogP contribution >= 0.6 is 11.9 Å². The van der Waals surface area contributed by atoms with E-state index in [4.69, 9.17) is 21.3 Å². The molecule has 22 heavy (non-hydrogen) atoms. The minimum absolute atomic E-state index is 0.0165. The standard InChI is InChI=1S/C15H10ClN3O3/c16-22-15-18-13(20-11-7-3-1-4-8-11)17-14(19-15)21-12-9-5-2-6-10-12/h1-10H. The van der Waals surface area contributed by atoms with E-state index in [2.05, 4.69) is 19.2 Å². The molecular weight excluding hydrogens is 306 g/mol. The van der Waals surface area contributed by atoms with E-state index in [1.165, 1.54) is 0 Å². The van der Waals surface area contributed by atoms with Gasteiger partial charge in [0.2, 0.25) is 0 Å². The van der Waals surface area contributed by atoms with E-state index in [1.54, 1.807) is 24.3 Å². The van der Waals surface area contributed by atoms with Crippen LogP contribution in [0.25, 0.3) is 0 Å². The molecule has 0 radical (unpaired) electrons. The Morgan fingerprint density at radius 1 is 0.591 bits per heavy atom. The third-order valence-electron chi connectivity index (χ3n) is 2.55. The molecule has 0 spiro atoms. The Labute approximate surface area is 131 Å². The first-order chi connectivity index (χ1) is 10.8. The number of para-hydroxylation sites is 2. The monoisotopic (exact) mass is 315 g/mol. The number of rotatable bonds is 5. The van der Waals surface area contributed by atoms with Crippen LogP contribution in [0.5, 0.6) is 29.5 Å². The van der Waals surface area contributed by atoms with Gasteiger partial charge in [-0.1, -0.05) is 36.4 Å². The van der Waals surface area contributed by atoms with Gasteiger partial charge in [0, 0.05) is 0 Å². The second-order valence-corrected chi connectivity index (χ2v) is 4.24. The van der Waals surface area contributed by atoms with Gasteiger partial charge in [0.25, 0.3) is 0 Å². The third kappa shape index (κ3) is 3.62. The van der Waals surface area contributed by atoms with E-state index in [9.17, 15) is 0 Å². The summed E-state index contributed by atoms with van der Waals surface area (Å²) in [6, 6.07) is 18.0. The lowest BCUT2D eigenvalue weighted by atomic mass is 10.3. The van der Waals surface area contributed by atoms with Gasteiger partial charge in [-0.2, -0.15) is 0 Å². The number of halogens is 1. The molecule has 0 aliphatic heterocycles. The van der Waals surface area contributed by atoms with Crippen LogP contribution in [0.3, 0.4) is 0 Å². The molecule has 0 aliphatic carbocycles. The summed E-state index contributed by atoms with van der Waals surface area (Å²) in [5.74, 6) is 1.14. The number of hydrogen-bond acceptors (Lipinski definition) is 6. The normalized spacial score (nSPS) is 10.0. The lowest BCUT2D eigenvalue weighted by molar-refractivity contribution is 0.381. The fourth-order valence-electron chi connectivity index (χ4n) is 1.63. The Balaban J connectivity index is 1.86. The Morgan fingerprint density at radius 3 is 1.41 bits per heavy atom. The molecule has 0 unspecified atom stereocenters. The summed E-state index contributed by atoms with van der Waals surface area (Å²) in [7, 11) is 0. The fraction of sp³-hybridized carbons (Fsp3) is 0. The summed E-state index contributed by atoms with van der Waals surface area (Å²) in [6.07, 6.45) is 0. The van der Waals surface area contributed by atoms with Gasteiger partial charge in [-0.25, -0.2) is 0 Å². The molecule has 7 heteroatoms. The molecule has 0 bridgehead atoms. The minimum Gasteiger partial charge on any atom is -0.424 e. The summed E-state index contributed by atoms with van der Waals surface area (Å²) in [6.45, 7) is 0. The number of nitrogens with zero attached hydrogens (tertiary/aromatic N) is 3. The van der Waals surface area contributed by atoms with Crippen molar-refractivity contribution in [1.82, 2.24) is 15.0 Å². The Kier molecular flexibility index (Phi) is 4.31. The van der Waals surface area contributed by atoms with E-state index in [0.717, 1.165) is 0 Å². The summed E-state index contributed by atoms with van der Waals surface area (Å²) in [5.41, 5.74) is 0. The van der Waals surface area contributed by atoms with Gasteiger partial charge >= 0.3 is 18.0 Å². The van der Waals surface area contributed by atoms with Crippen molar-refractivity contribution in [1.29, 1.82) is 0 Å². The van der Waals surface area contributed by atoms with Crippen molar-refractivity contribution in [2.45, 2.75) is 0 Å². The SMILES string of the molecule is ClOc1nc(Oc2ccccc2)nc(Oc2ccccc2)n1. The molecule has 0 saturated carbocycles. The molecule has 3 rings (SSSR count). The number of hydrogen-bond donors (Lipinski definition) is 0. The second-order valence-electron chi connectivity index (χ2n) is 4.09. The molecule has 0 saturated heterocycles. The minimum atomic E-state index is -0.117. The van der Waals surface area contributed by atoms with Gasteiger partial charge < -0.3 is 13.8 Å². The lowest BCUT2D eigenvalue weighted by Gasteiger charge is -2.07. The van der Waals surface area contributed by atoms with Crippen molar-refractivity contribution in [2.24, 2.45) is 0 Å². The highest BCUT2D eigenvalue weighted by molar-refractivity contribution is 6.08. The van der Waals surface area contributed by atoms with Crippen molar-refractivity contribution < 1.29 is 13.8 Å². The molecule has 0 aliphatic rings. The Morgan fingerprint density at radius 2 is 1.00 bits per heavy atom. The van der Waals surface area contributed by atoms with E-state index >= 15 is 0 Å². The van der Waals surface area contributed by atoms with Crippen molar-refractivity contribution in [2.75, 3.05) is 0 Å². The van der Waals surface area contributed by atoms with Crippen molar-refractivity contribution in [3.05, 3.63) is 60.7 Å². The van der Waals surface area contributed by atoms with E-state index in [1.807, 2.05) is 36.4 Å². The van der Waals surface area contributed by atoms with Crippen molar-refractivity contribution in [3.63, 3.8) is 0 Å². The average Bonchev–Trinajstić information content (AvgIpc) is 2.56. The van der Waals surface area contributed by atoms with Crippen molar-refractivity contribution >= 4 is 11.9 Å². The highest BCUT2D eigenvalue weighted by Crippen LogP contribution is 2.24. The van der Waals surface area contributed by atoms with Crippen LogP contribution in [0, 0.1) is 0 Å². The predicted molar refractivity (Wildman–Crippen MR) is 79.3 cm³/mol. The molecule has 0 fully saturated rings. The van der Waals surface area contributed by atoms with Gasteiger partial charge in [0.1, 0.15) is 23.4 Å². The maximum atomic E-state index is 5.52. The second kappa shape index (κ2) is 6.73. The van der Waals surface area contributed by atoms with Crippen LogP contribution in [0.15, 0.2) is 60.7 Å². The van der Waals surface area contributed by atoms with E-state index < -0.39 is 0 Å². The largest absolute Gasteiger partial charge is 0.424 e. The first kappa shape index (κ1) is 14.1. The number of benzene rings is 2. The smallest absolute Gasteiger partial charge is 0.344 e. The maximum Gasteiger partial charge on any atom is 0.344 e. The molecule has 0 N–H and O–H groups in total. The van der Waals surface area contributed by atoms with Crippen LogP contribution in [0.4, 0.5) is 0 Å². The van der Waals surface area contributed by atoms with Crippen LogP contribution < -0.4 is 13.8 Å². The molecule has 1 aromatic heterocycles. The molecule has 0 amide bonds. The van der Waals surface area contributed by atoms with Gasteiger partial charge in [-0.3, -0.25) is 0 Å². The third-order valence-corrected chi connectivity index (χ3v) is 2.69. The number of aromatic nitrogens is 3. The number of ether oxygens (including phenoxy) is 2. The first-order valence-electron chi connectivity index (χ1n) is 6.34. The van der Waals surface area contributed by atoms with Gasteiger partial charge in [0.05, 0.1) is 0 Å². The first-order valence-corrected chi connectivity index (χ1v) is 6.65. The summed E-state index contributed by atoms with van der Waals surface area (Å²) in [4.78, 5) is 11.9. The summed E-state index contributed by atoms with van der Waals surface area (Å²) >= 11 is 5.31. The van der Waals surface area contributed by atoms with E-state index in [-0.39, 0.29) is 18.0 Å². The molecule has 0 atom stereocenters. The quantitative estimate of drug-likeness (QED) is 0.709. The van der Waals surface area contributed by atoms with Crippen LogP contribution in [-0.4, -0.2) is 15.0 Å².